The van der Waals surface area contributed by atoms with Crippen LogP contribution >= 0.6 is 0 Å². The summed E-state index contributed by atoms with van der Waals surface area (Å²) in [5, 5.41) is 0.746. The Hall–Kier alpha value is -3.29. The lowest BCUT2D eigenvalue weighted by Gasteiger charge is -2.10. The lowest BCUT2D eigenvalue weighted by molar-refractivity contribution is -0.137. The van der Waals surface area contributed by atoms with E-state index in [4.69, 9.17) is 5.73 Å². The predicted molar refractivity (Wildman–Crippen MR) is 91.1 cm³/mol. The van der Waals surface area contributed by atoms with Crippen molar-refractivity contribution < 1.29 is 18.0 Å². The van der Waals surface area contributed by atoms with Gasteiger partial charge in [0.15, 0.2) is 5.65 Å². The van der Waals surface area contributed by atoms with Crippen LogP contribution in [0.15, 0.2) is 48.8 Å². The largest absolute Gasteiger partial charge is 0.416 e. The highest BCUT2D eigenvalue weighted by Crippen LogP contribution is 2.34. The molecule has 4 aromatic rings. The number of nitrogens with zero attached hydrogens (tertiary/aromatic N) is 3. The molecular formula is C18H13F3N4O. The van der Waals surface area contributed by atoms with Gasteiger partial charge in [0.2, 0.25) is 5.91 Å². The van der Waals surface area contributed by atoms with E-state index < -0.39 is 17.6 Å². The third kappa shape index (κ3) is 2.33. The van der Waals surface area contributed by atoms with Crippen molar-refractivity contribution in [2.24, 2.45) is 12.8 Å². The summed E-state index contributed by atoms with van der Waals surface area (Å²) in [5.74, 6) is -0.551. The molecule has 132 valence electrons. The van der Waals surface area contributed by atoms with Crippen molar-refractivity contribution >= 4 is 28.0 Å². The van der Waals surface area contributed by atoms with Crippen molar-refractivity contribution in [2.75, 3.05) is 0 Å². The van der Waals surface area contributed by atoms with E-state index in [0.717, 1.165) is 28.6 Å². The van der Waals surface area contributed by atoms with Gasteiger partial charge in [-0.2, -0.15) is 13.2 Å². The first-order chi connectivity index (χ1) is 12.3. The first kappa shape index (κ1) is 16.2. The number of imidazole rings is 1. The van der Waals surface area contributed by atoms with Crippen LogP contribution in [0.2, 0.25) is 0 Å². The Bertz CT molecular complexity index is 1150. The number of aryl methyl sites for hydroxylation is 1. The van der Waals surface area contributed by atoms with E-state index in [0.29, 0.717) is 16.9 Å². The molecule has 0 fully saturated rings. The quantitative estimate of drug-likeness (QED) is 0.595. The van der Waals surface area contributed by atoms with Gasteiger partial charge in [-0.3, -0.25) is 9.36 Å². The summed E-state index contributed by atoms with van der Waals surface area (Å²) in [6.45, 7) is 0. The van der Waals surface area contributed by atoms with Crippen molar-refractivity contribution in [3.63, 3.8) is 0 Å². The first-order valence-electron chi connectivity index (χ1n) is 7.70. The van der Waals surface area contributed by atoms with E-state index in [1.54, 1.807) is 33.7 Å². The Morgan fingerprint density at radius 1 is 1.12 bits per heavy atom. The van der Waals surface area contributed by atoms with Gasteiger partial charge < -0.3 is 10.3 Å². The number of fused-ring (bicyclic) bond motifs is 3. The lowest BCUT2D eigenvalue weighted by Crippen LogP contribution is -2.10. The van der Waals surface area contributed by atoms with Crippen LogP contribution in [0.4, 0.5) is 13.2 Å². The first-order valence-corrected chi connectivity index (χ1v) is 7.70. The highest BCUT2D eigenvalue weighted by Gasteiger charge is 2.30. The van der Waals surface area contributed by atoms with Gasteiger partial charge in [-0.1, -0.05) is 0 Å². The van der Waals surface area contributed by atoms with Crippen LogP contribution in [0.5, 0.6) is 0 Å². The molecule has 8 heteroatoms. The number of benzene rings is 2. The molecule has 2 heterocycles. The maximum atomic E-state index is 12.8. The monoisotopic (exact) mass is 358 g/mol. The zero-order valence-electron chi connectivity index (χ0n) is 13.6. The van der Waals surface area contributed by atoms with Crippen molar-refractivity contribution in [3.05, 3.63) is 59.9 Å². The molecule has 0 saturated carbocycles. The maximum Gasteiger partial charge on any atom is 0.416 e. The Balaban J connectivity index is 2.01. The average molecular weight is 358 g/mol. The Labute approximate surface area is 145 Å². The van der Waals surface area contributed by atoms with E-state index in [1.807, 2.05) is 7.05 Å². The number of halogens is 3. The SMILES string of the molecule is Cn1cnc2c1c1cc(C(N)=O)ccc1n2-c1ccc(C(F)(F)F)cc1. The third-order valence-corrected chi connectivity index (χ3v) is 4.36. The Morgan fingerprint density at radius 2 is 1.81 bits per heavy atom. The Kier molecular flexibility index (Phi) is 3.33. The number of carbonyl (C=O) groups excluding carboxylic acids is 1. The number of rotatable bonds is 2. The summed E-state index contributed by atoms with van der Waals surface area (Å²) in [4.78, 5) is 15.9. The lowest BCUT2D eigenvalue weighted by atomic mass is 10.1. The van der Waals surface area contributed by atoms with Crippen molar-refractivity contribution in [3.8, 4) is 5.69 Å². The topological polar surface area (TPSA) is 65.8 Å². The highest BCUT2D eigenvalue weighted by atomic mass is 19.4. The molecule has 0 aliphatic heterocycles. The van der Waals surface area contributed by atoms with Crippen LogP contribution in [0.3, 0.4) is 0 Å². The number of aromatic nitrogens is 3. The number of carbonyl (C=O) groups is 1. The summed E-state index contributed by atoms with van der Waals surface area (Å²) >= 11 is 0. The summed E-state index contributed by atoms with van der Waals surface area (Å²) in [7, 11) is 1.81. The van der Waals surface area contributed by atoms with E-state index in [1.165, 1.54) is 12.1 Å². The third-order valence-electron chi connectivity index (χ3n) is 4.36. The van der Waals surface area contributed by atoms with Gasteiger partial charge >= 0.3 is 6.18 Å². The standard InChI is InChI=1S/C18H13F3N4O/c1-24-9-23-17-15(24)13-8-10(16(22)26)2-7-14(13)25(17)12-5-3-11(4-6-12)18(19,20)21/h2-9H,1H3,(H2,22,26). The number of primary amides is 1. The summed E-state index contributed by atoms with van der Waals surface area (Å²) in [5.41, 5.74) is 7.62. The minimum atomic E-state index is -4.39. The van der Waals surface area contributed by atoms with Gasteiger partial charge in [0.25, 0.3) is 0 Å². The zero-order valence-corrected chi connectivity index (χ0v) is 13.6. The second kappa shape index (κ2) is 5.35. The summed E-state index contributed by atoms with van der Waals surface area (Å²) in [6.07, 6.45) is -2.78. The molecule has 4 rings (SSSR count). The molecule has 5 nitrogen and oxygen atoms in total. The number of hydrogen-bond acceptors (Lipinski definition) is 2. The second-order valence-corrected chi connectivity index (χ2v) is 6.00. The van der Waals surface area contributed by atoms with E-state index in [9.17, 15) is 18.0 Å². The van der Waals surface area contributed by atoms with E-state index in [-0.39, 0.29) is 0 Å². The fourth-order valence-corrected chi connectivity index (χ4v) is 3.14. The molecule has 0 atom stereocenters. The van der Waals surface area contributed by atoms with Crippen molar-refractivity contribution in [1.82, 2.24) is 14.1 Å². The van der Waals surface area contributed by atoms with Gasteiger partial charge in [0.1, 0.15) is 0 Å². The normalized spacial score (nSPS) is 12.2. The molecule has 0 spiro atoms. The van der Waals surface area contributed by atoms with Gasteiger partial charge in [-0.05, 0) is 42.5 Å². The van der Waals surface area contributed by atoms with Gasteiger partial charge in [0.05, 0.1) is 22.9 Å². The molecule has 2 N–H and O–H groups in total. The summed E-state index contributed by atoms with van der Waals surface area (Å²) in [6, 6.07) is 9.85. The molecule has 0 aliphatic carbocycles. The predicted octanol–water partition coefficient (Wildman–Crippen LogP) is 3.63. The smallest absolute Gasteiger partial charge is 0.366 e. The minimum Gasteiger partial charge on any atom is -0.366 e. The number of alkyl halides is 3. The fourth-order valence-electron chi connectivity index (χ4n) is 3.14. The Morgan fingerprint density at radius 3 is 2.42 bits per heavy atom. The van der Waals surface area contributed by atoms with Crippen LogP contribution in [0.25, 0.3) is 27.8 Å². The number of amides is 1. The van der Waals surface area contributed by atoms with Gasteiger partial charge in [-0.25, -0.2) is 4.98 Å². The van der Waals surface area contributed by atoms with Crippen LogP contribution in [0.1, 0.15) is 15.9 Å². The molecule has 0 saturated heterocycles. The molecule has 0 radical (unpaired) electrons. The average Bonchev–Trinajstić information content (AvgIpc) is 3.11. The molecule has 0 unspecified atom stereocenters. The molecule has 2 aromatic heterocycles. The molecular weight excluding hydrogens is 345 g/mol. The second-order valence-electron chi connectivity index (χ2n) is 6.00. The van der Waals surface area contributed by atoms with Gasteiger partial charge in [-0.15, -0.1) is 0 Å². The fraction of sp³-hybridized carbons (Fsp3) is 0.111. The van der Waals surface area contributed by atoms with Gasteiger partial charge in [0, 0.05) is 23.7 Å². The minimum absolute atomic E-state index is 0.352. The van der Waals surface area contributed by atoms with Crippen LogP contribution in [-0.2, 0) is 13.2 Å². The van der Waals surface area contributed by atoms with Crippen LogP contribution < -0.4 is 5.73 Å². The maximum absolute atomic E-state index is 12.8. The molecule has 0 bridgehead atoms. The molecule has 1 amide bonds. The molecule has 2 aromatic carbocycles. The molecule has 0 aliphatic rings. The molecule has 26 heavy (non-hydrogen) atoms. The van der Waals surface area contributed by atoms with Crippen molar-refractivity contribution in [1.29, 1.82) is 0 Å². The number of nitrogens with two attached hydrogens (primary N) is 1. The highest BCUT2D eigenvalue weighted by molar-refractivity contribution is 6.09. The van der Waals surface area contributed by atoms with E-state index >= 15 is 0 Å². The zero-order chi connectivity index (χ0) is 18.6. The summed E-state index contributed by atoms with van der Waals surface area (Å²) < 4.78 is 42.0. The van der Waals surface area contributed by atoms with Crippen LogP contribution in [-0.4, -0.2) is 20.0 Å². The van der Waals surface area contributed by atoms with Crippen LogP contribution in [0, 0.1) is 0 Å². The van der Waals surface area contributed by atoms with E-state index in [2.05, 4.69) is 4.98 Å². The van der Waals surface area contributed by atoms with Crippen molar-refractivity contribution in [2.45, 2.75) is 6.18 Å². The number of hydrogen-bond donors (Lipinski definition) is 1.